The molecular formula is C14H15N3O2. The fraction of sp³-hybridized carbons (Fsp3) is 0.429. The van der Waals surface area contributed by atoms with Crippen molar-refractivity contribution in [2.75, 3.05) is 13.2 Å². The van der Waals surface area contributed by atoms with Crippen LogP contribution in [-0.2, 0) is 11.8 Å². The van der Waals surface area contributed by atoms with Crippen LogP contribution in [0.3, 0.4) is 0 Å². The first-order valence-electron chi connectivity index (χ1n) is 6.58. The van der Waals surface area contributed by atoms with Gasteiger partial charge in [-0.2, -0.15) is 5.10 Å². The summed E-state index contributed by atoms with van der Waals surface area (Å²) in [6, 6.07) is 8.08. The molecule has 0 aliphatic carbocycles. The lowest BCUT2D eigenvalue weighted by atomic mass is 10.2. The monoisotopic (exact) mass is 257 g/mol. The summed E-state index contributed by atoms with van der Waals surface area (Å²) in [5, 5.41) is 5.33. The number of ether oxygens (including phenoxy) is 1. The number of aryl methyl sites for hydroxylation is 1. The summed E-state index contributed by atoms with van der Waals surface area (Å²) in [6.45, 7) is 1.37. The maximum atomic E-state index is 12.7. The van der Waals surface area contributed by atoms with Gasteiger partial charge in [0, 0.05) is 19.0 Å². The molecule has 5 heteroatoms. The van der Waals surface area contributed by atoms with Crippen LogP contribution < -0.4 is 0 Å². The second-order valence-electron chi connectivity index (χ2n) is 5.29. The Kier molecular flexibility index (Phi) is 2.20. The number of hydrogen-bond donors (Lipinski definition) is 0. The first-order chi connectivity index (χ1) is 9.24. The Bertz CT molecular complexity index is 664. The molecular weight excluding hydrogens is 242 g/mol. The van der Waals surface area contributed by atoms with Gasteiger partial charge in [-0.15, -0.1) is 0 Å². The fourth-order valence-corrected chi connectivity index (χ4v) is 3.16. The van der Waals surface area contributed by atoms with E-state index in [-0.39, 0.29) is 18.1 Å². The third-order valence-electron chi connectivity index (χ3n) is 4.12. The smallest absolute Gasteiger partial charge is 0.275 e. The number of morpholine rings is 1. The summed E-state index contributed by atoms with van der Waals surface area (Å²) in [4.78, 5) is 14.6. The van der Waals surface area contributed by atoms with Crippen molar-refractivity contribution in [3.63, 3.8) is 0 Å². The van der Waals surface area contributed by atoms with E-state index >= 15 is 0 Å². The van der Waals surface area contributed by atoms with E-state index in [1.807, 2.05) is 36.2 Å². The van der Waals surface area contributed by atoms with Crippen LogP contribution >= 0.6 is 0 Å². The number of fused-ring (bicyclic) bond motifs is 3. The van der Waals surface area contributed by atoms with Gasteiger partial charge in [-0.05, 0) is 12.5 Å². The molecule has 2 saturated heterocycles. The molecule has 4 rings (SSSR count). The van der Waals surface area contributed by atoms with Crippen molar-refractivity contribution in [3.05, 3.63) is 30.0 Å². The van der Waals surface area contributed by atoms with E-state index in [4.69, 9.17) is 4.74 Å². The Morgan fingerprint density at radius 1 is 1.42 bits per heavy atom. The van der Waals surface area contributed by atoms with Crippen molar-refractivity contribution >= 4 is 16.8 Å². The molecule has 2 aliphatic heterocycles. The minimum absolute atomic E-state index is 0.0348. The van der Waals surface area contributed by atoms with Gasteiger partial charge in [-0.25, -0.2) is 0 Å². The third kappa shape index (κ3) is 1.51. The lowest BCUT2D eigenvalue weighted by Gasteiger charge is -2.26. The number of benzene rings is 1. The van der Waals surface area contributed by atoms with Crippen LogP contribution in [0, 0.1) is 0 Å². The molecule has 2 aromatic rings. The van der Waals surface area contributed by atoms with Crippen LogP contribution in [0.4, 0.5) is 0 Å². The van der Waals surface area contributed by atoms with Gasteiger partial charge in [0.05, 0.1) is 24.3 Å². The molecule has 98 valence electrons. The summed E-state index contributed by atoms with van der Waals surface area (Å²) in [5.74, 6) is 0.0348. The molecule has 2 fully saturated rings. The molecule has 3 heterocycles. The molecule has 0 radical (unpaired) electrons. The maximum Gasteiger partial charge on any atom is 0.275 e. The highest BCUT2D eigenvalue weighted by atomic mass is 16.5. The molecule has 5 nitrogen and oxygen atoms in total. The number of amides is 1. The molecule has 0 spiro atoms. The summed E-state index contributed by atoms with van der Waals surface area (Å²) >= 11 is 0. The second-order valence-corrected chi connectivity index (χ2v) is 5.29. The van der Waals surface area contributed by atoms with Gasteiger partial charge in [0.15, 0.2) is 5.69 Å². The summed E-state index contributed by atoms with van der Waals surface area (Å²) in [5.41, 5.74) is 1.55. The van der Waals surface area contributed by atoms with Gasteiger partial charge < -0.3 is 9.64 Å². The van der Waals surface area contributed by atoms with Crippen molar-refractivity contribution in [1.82, 2.24) is 14.7 Å². The Morgan fingerprint density at radius 2 is 2.26 bits per heavy atom. The predicted octanol–water partition coefficient (Wildman–Crippen LogP) is 1.19. The highest BCUT2D eigenvalue weighted by molar-refractivity contribution is 6.05. The van der Waals surface area contributed by atoms with Crippen molar-refractivity contribution in [3.8, 4) is 0 Å². The number of aromatic nitrogens is 2. The molecule has 0 N–H and O–H groups in total. The van der Waals surface area contributed by atoms with Crippen LogP contribution in [0.5, 0.6) is 0 Å². The second kappa shape index (κ2) is 3.81. The van der Waals surface area contributed by atoms with Crippen LogP contribution in [-0.4, -0.2) is 45.9 Å². The predicted molar refractivity (Wildman–Crippen MR) is 69.9 cm³/mol. The van der Waals surface area contributed by atoms with Crippen molar-refractivity contribution in [2.45, 2.75) is 18.6 Å². The maximum absolute atomic E-state index is 12.7. The lowest BCUT2D eigenvalue weighted by molar-refractivity contribution is 0.0256. The molecule has 2 aliphatic rings. The van der Waals surface area contributed by atoms with E-state index in [2.05, 4.69) is 5.10 Å². The quantitative estimate of drug-likeness (QED) is 0.771. The fourth-order valence-electron chi connectivity index (χ4n) is 3.16. The largest absolute Gasteiger partial charge is 0.374 e. The van der Waals surface area contributed by atoms with E-state index in [1.165, 1.54) is 0 Å². The van der Waals surface area contributed by atoms with E-state index in [0.29, 0.717) is 18.8 Å². The SMILES string of the molecule is Cn1nc(C(=O)N2C[C@H]3C[C@H]2CO3)c2ccccc21. The summed E-state index contributed by atoms with van der Waals surface area (Å²) in [7, 11) is 1.87. The molecule has 2 atom stereocenters. The first-order valence-corrected chi connectivity index (χ1v) is 6.58. The van der Waals surface area contributed by atoms with Crippen molar-refractivity contribution in [1.29, 1.82) is 0 Å². The number of nitrogens with zero attached hydrogens (tertiary/aromatic N) is 3. The number of likely N-dealkylation sites (tertiary alicyclic amines) is 1. The highest BCUT2D eigenvalue weighted by Gasteiger charge is 2.42. The van der Waals surface area contributed by atoms with Gasteiger partial charge in [0.2, 0.25) is 0 Å². The van der Waals surface area contributed by atoms with Gasteiger partial charge in [0.1, 0.15) is 0 Å². The Balaban J connectivity index is 1.76. The third-order valence-corrected chi connectivity index (χ3v) is 4.12. The van der Waals surface area contributed by atoms with Crippen molar-refractivity contribution in [2.24, 2.45) is 7.05 Å². The molecule has 1 aromatic carbocycles. The van der Waals surface area contributed by atoms with E-state index < -0.39 is 0 Å². The average molecular weight is 257 g/mol. The van der Waals surface area contributed by atoms with Crippen LogP contribution in [0.15, 0.2) is 24.3 Å². The van der Waals surface area contributed by atoms with Gasteiger partial charge in [-0.3, -0.25) is 9.48 Å². The van der Waals surface area contributed by atoms with Gasteiger partial charge in [0.25, 0.3) is 5.91 Å². The summed E-state index contributed by atoms with van der Waals surface area (Å²) in [6.07, 6.45) is 1.19. The Morgan fingerprint density at radius 3 is 3.00 bits per heavy atom. The Hall–Kier alpha value is -1.88. The minimum atomic E-state index is 0.0348. The highest BCUT2D eigenvalue weighted by Crippen LogP contribution is 2.30. The number of hydrogen-bond acceptors (Lipinski definition) is 3. The minimum Gasteiger partial charge on any atom is -0.374 e. The average Bonchev–Trinajstić information content (AvgIpc) is 3.13. The molecule has 0 saturated carbocycles. The summed E-state index contributed by atoms with van der Waals surface area (Å²) < 4.78 is 7.31. The molecule has 0 unspecified atom stereocenters. The molecule has 19 heavy (non-hydrogen) atoms. The number of para-hydroxylation sites is 1. The normalized spacial score (nSPS) is 25.4. The number of carbonyl (C=O) groups is 1. The molecule has 1 amide bonds. The molecule has 1 aromatic heterocycles. The topological polar surface area (TPSA) is 47.4 Å². The standard InChI is InChI=1S/C14H15N3O2/c1-16-12-5-3-2-4-11(12)13(15-16)14(18)17-7-10-6-9(17)8-19-10/h2-5,9-10H,6-8H2,1H3/t9-,10+/m0/s1. The molecule has 2 bridgehead atoms. The van der Waals surface area contributed by atoms with Crippen LogP contribution in [0.1, 0.15) is 16.9 Å². The first kappa shape index (κ1) is 11.0. The van der Waals surface area contributed by atoms with E-state index in [1.54, 1.807) is 4.68 Å². The Labute approximate surface area is 110 Å². The van der Waals surface area contributed by atoms with Crippen molar-refractivity contribution < 1.29 is 9.53 Å². The van der Waals surface area contributed by atoms with Crippen LogP contribution in [0.25, 0.3) is 10.9 Å². The zero-order chi connectivity index (χ0) is 13.0. The number of carbonyl (C=O) groups excluding carboxylic acids is 1. The lowest BCUT2D eigenvalue weighted by Crippen LogP contribution is -2.41. The van der Waals surface area contributed by atoms with Gasteiger partial charge in [-0.1, -0.05) is 18.2 Å². The zero-order valence-electron chi connectivity index (χ0n) is 10.7. The van der Waals surface area contributed by atoms with E-state index in [9.17, 15) is 4.79 Å². The number of rotatable bonds is 1. The van der Waals surface area contributed by atoms with Gasteiger partial charge >= 0.3 is 0 Å². The van der Waals surface area contributed by atoms with Crippen LogP contribution in [0.2, 0.25) is 0 Å². The zero-order valence-corrected chi connectivity index (χ0v) is 10.7. The van der Waals surface area contributed by atoms with E-state index in [0.717, 1.165) is 17.3 Å².